The van der Waals surface area contributed by atoms with E-state index in [2.05, 4.69) is 0 Å². The highest BCUT2D eigenvalue weighted by atomic mass is 16.6. The van der Waals surface area contributed by atoms with Gasteiger partial charge in [0.1, 0.15) is 17.2 Å². The van der Waals surface area contributed by atoms with Crippen LogP contribution >= 0.6 is 0 Å². The van der Waals surface area contributed by atoms with Gasteiger partial charge in [0.05, 0.1) is 6.61 Å². The van der Waals surface area contributed by atoms with E-state index in [1.54, 1.807) is 0 Å². The van der Waals surface area contributed by atoms with Crippen molar-refractivity contribution < 1.29 is 14.0 Å². The number of para-hydroxylation sites is 1. The van der Waals surface area contributed by atoms with Gasteiger partial charge in [-0.05, 0) is 43.3 Å². The van der Waals surface area contributed by atoms with Gasteiger partial charge in [-0.15, -0.1) is 0 Å². The number of benzene rings is 2. The smallest absolute Gasteiger partial charge is 0.526 e. The van der Waals surface area contributed by atoms with Crippen LogP contribution in [0.5, 0.6) is 17.2 Å². The summed E-state index contributed by atoms with van der Waals surface area (Å²) in [4.78, 5) is 0. The lowest BCUT2D eigenvalue weighted by atomic mass is 10.3. The molecule has 2 aromatic rings. The van der Waals surface area contributed by atoms with Crippen LogP contribution in [0.1, 0.15) is 6.92 Å². The van der Waals surface area contributed by atoms with Crippen LogP contribution in [0.2, 0.25) is 0 Å². The molecule has 0 unspecified atom stereocenters. The molecule has 3 nitrogen and oxygen atoms in total. The average Bonchev–Trinajstić information content (AvgIpc) is 2.42. The fourth-order valence-electron chi connectivity index (χ4n) is 1.42. The highest BCUT2D eigenvalue weighted by molar-refractivity contribution is 6.20. The second-order valence-electron chi connectivity index (χ2n) is 3.55. The molecule has 0 saturated carbocycles. The Labute approximate surface area is 108 Å². The number of hydrogen-bond acceptors (Lipinski definition) is 3. The fourth-order valence-corrected chi connectivity index (χ4v) is 1.42. The first kappa shape index (κ1) is 12.4. The van der Waals surface area contributed by atoms with Crippen LogP contribution in [-0.2, 0) is 0 Å². The Morgan fingerprint density at radius 3 is 1.94 bits per heavy atom. The van der Waals surface area contributed by atoms with Crippen LogP contribution in [-0.4, -0.2) is 14.3 Å². The quantitative estimate of drug-likeness (QED) is 0.727. The van der Waals surface area contributed by atoms with Crippen molar-refractivity contribution in [1.29, 1.82) is 0 Å². The molecule has 2 aromatic carbocycles. The van der Waals surface area contributed by atoms with Crippen LogP contribution in [0.15, 0.2) is 54.6 Å². The van der Waals surface area contributed by atoms with Crippen molar-refractivity contribution in [1.82, 2.24) is 0 Å². The molecule has 0 aliphatic rings. The van der Waals surface area contributed by atoms with E-state index >= 15 is 0 Å². The van der Waals surface area contributed by atoms with Crippen LogP contribution in [0.25, 0.3) is 0 Å². The predicted octanol–water partition coefficient (Wildman–Crippen LogP) is 3.08. The van der Waals surface area contributed by atoms with Crippen LogP contribution in [0.4, 0.5) is 0 Å². The van der Waals surface area contributed by atoms with E-state index < -0.39 is 0 Å². The highest BCUT2D eigenvalue weighted by Crippen LogP contribution is 2.17. The van der Waals surface area contributed by atoms with Gasteiger partial charge in [-0.3, -0.25) is 0 Å². The summed E-state index contributed by atoms with van der Waals surface area (Å²) >= 11 is 0. The molecule has 0 aliphatic heterocycles. The van der Waals surface area contributed by atoms with E-state index in [0.717, 1.165) is 11.5 Å². The number of rotatable bonds is 6. The summed E-state index contributed by atoms with van der Waals surface area (Å²) in [5.41, 5.74) is 0. The third-order valence-corrected chi connectivity index (χ3v) is 2.25. The molecular formula is C14H14BO3. The number of hydrogen-bond donors (Lipinski definition) is 0. The van der Waals surface area contributed by atoms with Crippen LogP contribution < -0.4 is 14.0 Å². The zero-order valence-electron chi connectivity index (χ0n) is 10.2. The van der Waals surface area contributed by atoms with Gasteiger partial charge in [-0.2, -0.15) is 0 Å². The summed E-state index contributed by atoms with van der Waals surface area (Å²) in [7, 11) is 1.31. The molecule has 91 valence electrons. The molecule has 0 N–H and O–H groups in total. The third kappa shape index (κ3) is 3.73. The minimum Gasteiger partial charge on any atom is -0.526 e. The maximum atomic E-state index is 5.34. The monoisotopic (exact) mass is 241 g/mol. The minimum absolute atomic E-state index is 0.656. The first-order valence-corrected chi connectivity index (χ1v) is 5.81. The van der Waals surface area contributed by atoms with Gasteiger partial charge in [0.15, 0.2) is 0 Å². The summed E-state index contributed by atoms with van der Waals surface area (Å²) in [6.45, 7) is 2.61. The van der Waals surface area contributed by atoms with E-state index in [1.807, 2.05) is 61.5 Å². The second-order valence-corrected chi connectivity index (χ2v) is 3.55. The molecule has 0 bridgehead atoms. The largest absolute Gasteiger partial charge is 0.658 e. The van der Waals surface area contributed by atoms with Crippen molar-refractivity contribution in [2.24, 2.45) is 0 Å². The summed E-state index contributed by atoms with van der Waals surface area (Å²) < 4.78 is 16.0. The van der Waals surface area contributed by atoms with Gasteiger partial charge < -0.3 is 14.0 Å². The van der Waals surface area contributed by atoms with Crippen molar-refractivity contribution in [2.45, 2.75) is 6.92 Å². The lowest BCUT2D eigenvalue weighted by Gasteiger charge is -2.07. The van der Waals surface area contributed by atoms with E-state index in [-0.39, 0.29) is 0 Å². The average molecular weight is 241 g/mol. The molecule has 0 amide bonds. The molecule has 0 atom stereocenters. The summed E-state index contributed by atoms with van der Waals surface area (Å²) in [5.74, 6) is 2.27. The fraction of sp³-hybridized carbons (Fsp3) is 0.143. The Morgan fingerprint density at radius 1 is 0.778 bits per heavy atom. The molecule has 1 radical (unpaired) electrons. The zero-order chi connectivity index (χ0) is 12.6. The molecule has 2 rings (SSSR count). The summed E-state index contributed by atoms with van der Waals surface area (Å²) in [6.07, 6.45) is 0. The molecule has 18 heavy (non-hydrogen) atoms. The van der Waals surface area contributed by atoms with E-state index in [4.69, 9.17) is 14.0 Å². The summed E-state index contributed by atoms with van der Waals surface area (Å²) in [6, 6.07) is 16.8. The SMILES string of the molecule is CCOc1ccc(O[B]Oc2ccccc2)cc1. The van der Waals surface area contributed by atoms with Gasteiger partial charge >= 0.3 is 7.69 Å². The Balaban J connectivity index is 1.80. The first-order valence-electron chi connectivity index (χ1n) is 5.81. The maximum Gasteiger partial charge on any atom is 0.658 e. The van der Waals surface area contributed by atoms with Gasteiger partial charge in [-0.1, -0.05) is 18.2 Å². The van der Waals surface area contributed by atoms with Crippen molar-refractivity contribution in [2.75, 3.05) is 6.61 Å². The Kier molecular flexibility index (Phi) is 4.53. The molecule has 4 heteroatoms. The first-order chi connectivity index (χ1) is 8.88. The van der Waals surface area contributed by atoms with Crippen LogP contribution in [0, 0.1) is 0 Å². The zero-order valence-corrected chi connectivity index (χ0v) is 10.2. The van der Waals surface area contributed by atoms with Crippen LogP contribution in [0.3, 0.4) is 0 Å². The van der Waals surface area contributed by atoms with E-state index in [9.17, 15) is 0 Å². The van der Waals surface area contributed by atoms with E-state index in [0.29, 0.717) is 12.4 Å². The summed E-state index contributed by atoms with van der Waals surface area (Å²) in [5, 5.41) is 0. The normalized spacial score (nSPS) is 9.61. The highest BCUT2D eigenvalue weighted by Gasteiger charge is 2.01. The molecule has 0 fully saturated rings. The standard InChI is InChI=1S/C14H14BO3/c1-2-16-12-8-10-14(11-9-12)18-15-17-13-6-4-3-5-7-13/h3-11H,2H2,1H3. The lowest BCUT2D eigenvalue weighted by molar-refractivity contribution is 0.339. The van der Waals surface area contributed by atoms with Gasteiger partial charge in [0.25, 0.3) is 0 Å². The molecule has 0 heterocycles. The maximum absolute atomic E-state index is 5.34. The Morgan fingerprint density at radius 2 is 1.33 bits per heavy atom. The third-order valence-electron chi connectivity index (χ3n) is 2.25. The number of ether oxygens (including phenoxy) is 1. The minimum atomic E-state index is 0.656. The predicted molar refractivity (Wildman–Crippen MR) is 71.1 cm³/mol. The lowest BCUT2D eigenvalue weighted by Crippen LogP contribution is -2.10. The molecule has 0 aliphatic carbocycles. The molecule has 0 saturated heterocycles. The Bertz CT molecular complexity index is 456. The second kappa shape index (κ2) is 6.59. The van der Waals surface area contributed by atoms with Crippen molar-refractivity contribution in [3.05, 3.63) is 54.6 Å². The van der Waals surface area contributed by atoms with Crippen molar-refractivity contribution >= 4 is 7.69 Å². The molecule has 0 aromatic heterocycles. The van der Waals surface area contributed by atoms with Gasteiger partial charge in [-0.25, -0.2) is 0 Å². The van der Waals surface area contributed by atoms with E-state index in [1.165, 1.54) is 7.69 Å². The van der Waals surface area contributed by atoms with Gasteiger partial charge in [0, 0.05) is 0 Å². The molecular weight excluding hydrogens is 227 g/mol. The van der Waals surface area contributed by atoms with Crippen molar-refractivity contribution in [3.63, 3.8) is 0 Å². The Hall–Kier alpha value is -2.10. The molecule has 0 spiro atoms. The van der Waals surface area contributed by atoms with Gasteiger partial charge in [0.2, 0.25) is 0 Å². The van der Waals surface area contributed by atoms with Crippen molar-refractivity contribution in [3.8, 4) is 17.2 Å². The topological polar surface area (TPSA) is 27.7 Å².